The molecule has 1 aliphatic carbocycles. The molecule has 0 N–H and O–H groups in total. The minimum atomic E-state index is -2.83. The van der Waals surface area contributed by atoms with Crippen LogP contribution in [0.2, 0.25) is 0 Å². The largest absolute Gasteiger partial charge is 0.435 e. The van der Waals surface area contributed by atoms with Gasteiger partial charge in [-0.25, -0.2) is 4.98 Å². The quantitative estimate of drug-likeness (QED) is 0.680. The molecule has 0 atom stereocenters. The second-order valence-electron chi connectivity index (χ2n) is 5.62. The molecule has 1 saturated carbocycles. The van der Waals surface area contributed by atoms with Gasteiger partial charge in [0.25, 0.3) is 0 Å². The summed E-state index contributed by atoms with van der Waals surface area (Å²) < 4.78 is 28.8. The maximum Gasteiger partial charge on any atom is 0.387 e. The minimum Gasteiger partial charge on any atom is -0.435 e. The third kappa shape index (κ3) is 3.46. The molecule has 0 bridgehead atoms. The van der Waals surface area contributed by atoms with Crippen molar-refractivity contribution < 1.29 is 13.5 Å². The Labute approximate surface area is 143 Å². The zero-order valence-electron chi connectivity index (χ0n) is 13.2. The number of hydrogen-bond donors (Lipinski definition) is 0. The zero-order valence-corrected chi connectivity index (χ0v) is 14.0. The van der Waals surface area contributed by atoms with Crippen LogP contribution >= 0.6 is 11.3 Å². The number of nitriles is 1. The topological polar surface area (TPSA) is 45.9 Å². The molecular formula is C18H16F2N2OS. The molecule has 0 spiro atoms. The van der Waals surface area contributed by atoms with Crippen molar-refractivity contribution in [2.45, 2.75) is 39.2 Å². The lowest BCUT2D eigenvalue weighted by molar-refractivity contribution is -0.0498. The molecule has 1 aliphatic rings. The summed E-state index contributed by atoms with van der Waals surface area (Å²) >= 11 is 1.50. The Balaban J connectivity index is 1.92. The molecule has 124 valence electrons. The number of halogens is 2. The van der Waals surface area contributed by atoms with Crippen LogP contribution in [0.5, 0.6) is 5.75 Å². The van der Waals surface area contributed by atoms with Crippen LogP contribution < -0.4 is 4.74 Å². The normalized spacial score (nSPS) is 14.0. The molecule has 1 heterocycles. The number of rotatable bonds is 4. The SMILES string of the molecule is Cc1sc(C(C#N)=C2CCCC2)nc1-c1ccc(OC(F)F)cc1. The van der Waals surface area contributed by atoms with E-state index in [4.69, 9.17) is 0 Å². The molecule has 6 heteroatoms. The second-order valence-corrected chi connectivity index (χ2v) is 6.83. The van der Waals surface area contributed by atoms with Crippen molar-refractivity contribution in [3.63, 3.8) is 0 Å². The Kier molecular flexibility index (Phi) is 4.91. The van der Waals surface area contributed by atoms with E-state index in [1.54, 1.807) is 12.1 Å². The van der Waals surface area contributed by atoms with Crippen LogP contribution in [0.1, 0.15) is 35.6 Å². The summed E-state index contributed by atoms with van der Waals surface area (Å²) in [7, 11) is 0. The van der Waals surface area contributed by atoms with E-state index in [1.807, 2.05) is 6.92 Å². The van der Waals surface area contributed by atoms with Crippen molar-refractivity contribution in [1.29, 1.82) is 5.26 Å². The van der Waals surface area contributed by atoms with Crippen molar-refractivity contribution in [1.82, 2.24) is 4.98 Å². The summed E-state index contributed by atoms with van der Waals surface area (Å²) in [4.78, 5) is 5.63. The van der Waals surface area contributed by atoms with Crippen LogP contribution in [0.4, 0.5) is 8.78 Å². The first-order valence-electron chi connectivity index (χ1n) is 7.73. The summed E-state index contributed by atoms with van der Waals surface area (Å²) in [6.07, 6.45) is 4.19. The molecule has 0 unspecified atom stereocenters. The molecule has 0 saturated heterocycles. The van der Waals surface area contributed by atoms with E-state index >= 15 is 0 Å². The molecular weight excluding hydrogens is 330 g/mol. The zero-order chi connectivity index (χ0) is 17.1. The summed E-state index contributed by atoms with van der Waals surface area (Å²) in [5.41, 5.74) is 3.50. The third-order valence-corrected chi connectivity index (χ3v) is 5.02. The first-order chi connectivity index (χ1) is 11.6. The van der Waals surface area contributed by atoms with E-state index in [-0.39, 0.29) is 5.75 Å². The van der Waals surface area contributed by atoms with Crippen molar-refractivity contribution >= 4 is 16.9 Å². The van der Waals surface area contributed by atoms with E-state index in [9.17, 15) is 14.0 Å². The maximum absolute atomic E-state index is 12.2. The molecule has 1 aromatic carbocycles. The molecule has 3 rings (SSSR count). The maximum atomic E-state index is 12.2. The highest BCUT2D eigenvalue weighted by molar-refractivity contribution is 7.13. The molecule has 24 heavy (non-hydrogen) atoms. The van der Waals surface area contributed by atoms with Crippen LogP contribution in [-0.4, -0.2) is 11.6 Å². The number of alkyl halides is 2. The number of allylic oxidation sites excluding steroid dienone is 2. The average Bonchev–Trinajstić information content (AvgIpc) is 3.19. The molecule has 3 nitrogen and oxygen atoms in total. The molecule has 0 aliphatic heterocycles. The highest BCUT2D eigenvalue weighted by Gasteiger charge is 2.19. The van der Waals surface area contributed by atoms with Crippen LogP contribution in [0.15, 0.2) is 29.8 Å². The van der Waals surface area contributed by atoms with Gasteiger partial charge in [-0.2, -0.15) is 14.0 Å². The smallest absolute Gasteiger partial charge is 0.387 e. The Morgan fingerprint density at radius 1 is 1.25 bits per heavy atom. The van der Waals surface area contributed by atoms with Crippen molar-refractivity contribution in [3.8, 4) is 23.1 Å². The van der Waals surface area contributed by atoms with Crippen molar-refractivity contribution in [2.75, 3.05) is 0 Å². The summed E-state index contributed by atoms with van der Waals surface area (Å²) in [5, 5.41) is 10.2. The number of benzene rings is 1. The summed E-state index contributed by atoms with van der Waals surface area (Å²) in [5.74, 6) is 0.118. The Hall–Kier alpha value is -2.26. The lowest BCUT2D eigenvalue weighted by Crippen LogP contribution is -2.01. The molecule has 2 aromatic rings. The average molecular weight is 346 g/mol. The fourth-order valence-electron chi connectivity index (χ4n) is 2.90. The van der Waals surface area contributed by atoms with Gasteiger partial charge in [0.05, 0.1) is 11.3 Å². The van der Waals surface area contributed by atoms with Gasteiger partial charge in [0.1, 0.15) is 16.8 Å². The lowest BCUT2D eigenvalue weighted by Gasteiger charge is -2.05. The molecule has 0 amide bonds. The third-order valence-electron chi connectivity index (χ3n) is 4.04. The van der Waals surface area contributed by atoms with E-state index in [1.165, 1.54) is 29.0 Å². The van der Waals surface area contributed by atoms with Crippen molar-refractivity contribution in [3.05, 3.63) is 39.7 Å². The van der Waals surface area contributed by atoms with E-state index in [0.717, 1.165) is 46.8 Å². The van der Waals surface area contributed by atoms with Gasteiger partial charge in [0.2, 0.25) is 0 Å². The molecule has 1 fully saturated rings. The first-order valence-corrected chi connectivity index (χ1v) is 8.55. The first kappa shape index (κ1) is 16.6. The van der Waals surface area contributed by atoms with Gasteiger partial charge in [-0.05, 0) is 62.4 Å². The predicted octanol–water partition coefficient (Wildman–Crippen LogP) is 5.57. The van der Waals surface area contributed by atoms with Gasteiger partial charge < -0.3 is 4.74 Å². The fourth-order valence-corrected chi connectivity index (χ4v) is 3.87. The highest BCUT2D eigenvalue weighted by atomic mass is 32.1. The number of nitrogens with zero attached hydrogens (tertiary/aromatic N) is 2. The predicted molar refractivity (Wildman–Crippen MR) is 89.9 cm³/mol. The van der Waals surface area contributed by atoms with Crippen LogP contribution in [0, 0.1) is 18.3 Å². The molecule has 1 aromatic heterocycles. The molecule has 0 radical (unpaired) electrons. The van der Waals surface area contributed by atoms with Gasteiger partial charge in [-0.3, -0.25) is 0 Å². The van der Waals surface area contributed by atoms with Crippen LogP contribution in [0.25, 0.3) is 16.8 Å². The number of ether oxygens (including phenoxy) is 1. The Bertz CT molecular complexity index is 795. The number of hydrogen-bond acceptors (Lipinski definition) is 4. The lowest BCUT2D eigenvalue weighted by atomic mass is 10.1. The Morgan fingerprint density at radius 2 is 1.92 bits per heavy atom. The van der Waals surface area contributed by atoms with E-state index in [0.29, 0.717) is 5.57 Å². The van der Waals surface area contributed by atoms with E-state index in [2.05, 4.69) is 15.8 Å². The van der Waals surface area contributed by atoms with Crippen molar-refractivity contribution in [2.24, 2.45) is 0 Å². The van der Waals surface area contributed by atoms with Crippen LogP contribution in [0.3, 0.4) is 0 Å². The summed E-state index contributed by atoms with van der Waals surface area (Å²) in [6.45, 7) is -0.881. The number of aromatic nitrogens is 1. The van der Waals surface area contributed by atoms with Gasteiger partial charge in [-0.1, -0.05) is 0 Å². The number of thiazole rings is 1. The Morgan fingerprint density at radius 3 is 2.50 bits per heavy atom. The van der Waals surface area contributed by atoms with Crippen LogP contribution in [-0.2, 0) is 0 Å². The minimum absolute atomic E-state index is 0.118. The van der Waals surface area contributed by atoms with Gasteiger partial charge >= 0.3 is 6.61 Å². The van der Waals surface area contributed by atoms with Gasteiger partial charge in [-0.15, -0.1) is 11.3 Å². The summed E-state index contributed by atoms with van der Waals surface area (Å²) in [6, 6.07) is 8.72. The second kappa shape index (κ2) is 7.10. The van der Waals surface area contributed by atoms with E-state index < -0.39 is 6.61 Å². The van der Waals surface area contributed by atoms with Gasteiger partial charge in [0.15, 0.2) is 0 Å². The highest BCUT2D eigenvalue weighted by Crippen LogP contribution is 2.36. The fraction of sp³-hybridized carbons (Fsp3) is 0.333. The number of aryl methyl sites for hydroxylation is 1. The standard InChI is InChI=1S/C18H16F2N2OS/c1-11-16(13-6-8-14(9-7-13)23-18(19)20)22-17(24-11)15(10-21)12-4-2-3-5-12/h6-9,18H,2-5H2,1H3. The van der Waals surface area contributed by atoms with Gasteiger partial charge in [0, 0.05) is 10.4 Å². The monoisotopic (exact) mass is 346 g/mol.